The summed E-state index contributed by atoms with van der Waals surface area (Å²) in [6, 6.07) is 2.62. The molecule has 0 saturated carbocycles. The molecule has 0 radical (unpaired) electrons. The second kappa shape index (κ2) is 37.4. The summed E-state index contributed by atoms with van der Waals surface area (Å²) in [6.45, 7) is 58.4. The molecule has 0 bridgehead atoms. The van der Waals surface area contributed by atoms with Crippen LogP contribution in [-0.2, 0) is 83.7 Å². The lowest BCUT2D eigenvalue weighted by Crippen LogP contribution is -2.63. The van der Waals surface area contributed by atoms with Gasteiger partial charge in [0.25, 0.3) is 0 Å². The van der Waals surface area contributed by atoms with Gasteiger partial charge in [-0.25, -0.2) is 0 Å². The molecule has 3 saturated heterocycles. The van der Waals surface area contributed by atoms with Crippen LogP contribution in [0.5, 0.6) is 0 Å². The van der Waals surface area contributed by atoms with Gasteiger partial charge in [-0.3, -0.25) is 23.7 Å². The zero-order valence-electron chi connectivity index (χ0n) is 67.0. The molecule has 0 amide bonds. The minimum atomic E-state index is -3.86. The highest BCUT2D eigenvalue weighted by Crippen LogP contribution is 2.52. The highest BCUT2D eigenvalue weighted by atomic mass is 31.2. The van der Waals surface area contributed by atoms with Crippen LogP contribution < -0.4 is 0 Å². The molecule has 572 valence electrons. The van der Waals surface area contributed by atoms with Crippen LogP contribution in [0.3, 0.4) is 0 Å². The fourth-order valence-electron chi connectivity index (χ4n) is 11.8. The van der Waals surface area contributed by atoms with E-state index in [1.165, 1.54) is 13.2 Å². The third kappa shape index (κ3) is 27.3. The van der Waals surface area contributed by atoms with Crippen LogP contribution >= 0.6 is 7.60 Å². The molecule has 0 unspecified atom stereocenters. The predicted octanol–water partition coefficient (Wildman–Crippen LogP) is 18.3. The van der Waals surface area contributed by atoms with Crippen molar-refractivity contribution in [1.82, 2.24) is 0 Å². The van der Waals surface area contributed by atoms with Gasteiger partial charge in [0.2, 0.25) is 0 Å². The summed E-state index contributed by atoms with van der Waals surface area (Å²) in [5.41, 5.74) is -1.42. The topological polar surface area (TPSA) is 229 Å². The zero-order valence-corrected chi connectivity index (χ0v) is 71.8. The molecule has 0 aromatic carbocycles. The summed E-state index contributed by atoms with van der Waals surface area (Å²) in [6.07, 6.45) is 16.9. The van der Waals surface area contributed by atoms with Gasteiger partial charge in [-0.15, -0.1) is 0 Å². The number of aldehydes is 1. The molecule has 1 spiro atoms. The minimum Gasteiger partial charge on any atom is -0.469 e. The molecule has 0 aliphatic carbocycles. The number of nitriles is 1. The van der Waals surface area contributed by atoms with Crippen molar-refractivity contribution in [2.75, 3.05) is 26.5 Å². The van der Waals surface area contributed by atoms with E-state index in [0.717, 1.165) is 6.29 Å². The summed E-state index contributed by atoms with van der Waals surface area (Å²) < 4.78 is 100. The van der Waals surface area contributed by atoms with Crippen LogP contribution in [0.4, 0.5) is 0 Å². The van der Waals surface area contributed by atoms with E-state index < -0.39 is 137 Å². The largest absolute Gasteiger partial charge is 0.469 e. The molecule has 19 nitrogen and oxygen atoms in total. The number of carbonyl (C=O) groups excluding carboxylic acids is 4. The molecule has 3 aliphatic rings. The number of hydrogen-bond donors (Lipinski definition) is 0. The molecule has 3 aliphatic heterocycles. The number of esters is 2. The Morgan fingerprint density at radius 3 is 1.67 bits per heavy atom. The molecular formula is C76H134NO18PSi4. The maximum absolute atomic E-state index is 14.7. The third-order valence-corrected chi connectivity index (χ3v) is 41.5. The quantitative estimate of drug-likeness (QED) is 0.0142. The van der Waals surface area contributed by atoms with Crippen molar-refractivity contribution in [3.63, 3.8) is 0 Å². The van der Waals surface area contributed by atoms with Gasteiger partial charge < -0.3 is 59.9 Å². The molecule has 3 rings (SSSR count). The number of nitrogens with zero attached hydrogens (tertiary/aromatic N) is 1. The van der Waals surface area contributed by atoms with Crippen molar-refractivity contribution in [2.45, 2.75) is 335 Å². The van der Waals surface area contributed by atoms with Crippen LogP contribution in [0.25, 0.3) is 0 Å². The van der Waals surface area contributed by atoms with Gasteiger partial charge in [0.15, 0.2) is 56.7 Å². The highest BCUT2D eigenvalue weighted by Gasteiger charge is 2.59. The lowest BCUT2D eigenvalue weighted by molar-refractivity contribution is -0.397. The smallest absolute Gasteiger partial charge is 0.338 e. The monoisotopic (exact) mass is 1490 g/mol. The van der Waals surface area contributed by atoms with E-state index in [2.05, 4.69) is 161 Å². The lowest BCUT2D eigenvalue weighted by Gasteiger charge is -2.54. The summed E-state index contributed by atoms with van der Waals surface area (Å²) in [4.78, 5) is 53.7. The summed E-state index contributed by atoms with van der Waals surface area (Å²) in [5.74, 6) is -5.61. The Bertz CT molecular complexity index is 2920. The Balaban J connectivity index is 2.10. The molecule has 3 heterocycles. The number of allylic oxidation sites excluding steroid dienone is 11. The first-order valence-corrected chi connectivity index (χ1v) is 49.7. The number of Topliss-reactive ketones (excluding diaryl/α,β-unsaturated/α-hetero) is 1. The Morgan fingerprint density at radius 2 is 1.18 bits per heavy atom. The van der Waals surface area contributed by atoms with Gasteiger partial charge in [0.05, 0.1) is 75.5 Å². The van der Waals surface area contributed by atoms with Gasteiger partial charge in [0, 0.05) is 31.6 Å². The Morgan fingerprint density at radius 1 is 0.680 bits per heavy atom. The van der Waals surface area contributed by atoms with E-state index in [0.29, 0.717) is 0 Å². The Kier molecular flexibility index (Phi) is 34.1. The summed E-state index contributed by atoms with van der Waals surface area (Å²) in [5, 5.41) is 10.7. The fourth-order valence-corrected chi connectivity index (χ4v) is 19.0. The number of ether oxygens (including phenoxy) is 7. The van der Waals surface area contributed by atoms with Gasteiger partial charge in [-0.2, -0.15) is 5.26 Å². The number of methoxy groups -OCH3 is 1. The molecule has 0 aromatic rings. The van der Waals surface area contributed by atoms with E-state index in [1.54, 1.807) is 32.9 Å². The van der Waals surface area contributed by atoms with E-state index in [-0.39, 0.29) is 103 Å². The van der Waals surface area contributed by atoms with Gasteiger partial charge in [0.1, 0.15) is 30.3 Å². The average molecular weight is 1490 g/mol. The second-order valence-electron chi connectivity index (χ2n) is 34.3. The van der Waals surface area contributed by atoms with Crippen LogP contribution in [0.15, 0.2) is 72.9 Å². The van der Waals surface area contributed by atoms with E-state index in [4.69, 9.17) is 59.9 Å². The maximum Gasteiger partial charge on any atom is 0.338 e. The third-order valence-electron chi connectivity index (χ3n) is 21.4. The van der Waals surface area contributed by atoms with Crippen molar-refractivity contribution in [3.05, 3.63) is 72.9 Å². The Labute approximate surface area is 608 Å². The van der Waals surface area contributed by atoms with Gasteiger partial charge in [-0.05, 0) is 145 Å². The first-order valence-electron chi connectivity index (χ1n) is 36.4. The van der Waals surface area contributed by atoms with E-state index >= 15 is 0 Å². The van der Waals surface area contributed by atoms with Gasteiger partial charge in [-0.1, -0.05) is 164 Å². The standard InChI is InChI=1S/C76H134NO18PSi4/c1-30-84-96(82,85-31-2)53-59(79)47-63-67(69(81)83-21)65(93-99(26,27)72(13,14)15)52-76(90-63)51-64(87-58(6)88-76)62(92-98(24,25)71(10,11)12)44-45-75(54-77)50-61(89-74(19,20)95-75)48-60(91-97(22,23)70(7,8)9)49-66(80)86-57(5)56(4)68(94-100(28,29)73(16,17)18)55(3)43-41-39-37-35-33-32-34-36-38-40-42-46-78/h32-43,46,55-58,60-65,67-68H,30-31,44-45,47-53H2,1-29H3/b34-32+,35-33+,38-36+,39-37+,42-40+,43-41+/t55-,56-,57-,58-,60+,61-,62+,63-,64+,65-,67-,68+,75+,76+/m0/s1. The van der Waals surface area contributed by atoms with Crippen molar-refractivity contribution < 1.29 is 83.7 Å². The fraction of sp³-hybridized carbons (Fsp3) is 0.776. The van der Waals surface area contributed by atoms with Crippen molar-refractivity contribution in [1.29, 1.82) is 5.26 Å². The Hall–Kier alpha value is -3.13. The maximum atomic E-state index is 14.7. The van der Waals surface area contributed by atoms with E-state index in [1.807, 2.05) is 69.4 Å². The van der Waals surface area contributed by atoms with Gasteiger partial charge >= 0.3 is 19.5 Å². The molecule has 0 aromatic heterocycles. The SMILES string of the molecule is CCOP(=O)(CC(=O)C[C@@H]1O[C@@]2(C[C@H](O[Si](C)(C)C(C)(C)C)[C@H]1C(=O)OC)C[C@H]([C@@H](CC[C@]1(C#N)C[C@H](C[C@H](CC(=O)O[C@@H](C)[C@H](C)[C@H](O[Si](C)(C)C(C)(C)C)[C@@H](C)/C=C/C=C/C=C/C=C/C=C/C=C/C=O)O[Si](C)(C)C(C)(C)C)OC(C)(C)O1)O[Si](C)(C)C(C)(C)C)O[C@H](C)O2)OCC. The minimum absolute atomic E-state index is 0.0436. The molecule has 100 heavy (non-hydrogen) atoms. The average Bonchev–Trinajstić information content (AvgIpc) is 0.749. The number of hydrogen-bond acceptors (Lipinski definition) is 19. The molecular weight excluding hydrogens is 1360 g/mol. The van der Waals surface area contributed by atoms with Crippen LogP contribution in [-0.4, -0.2) is 156 Å². The normalized spacial score (nSPS) is 26.2. The first-order chi connectivity index (χ1) is 45.7. The summed E-state index contributed by atoms with van der Waals surface area (Å²) in [7, 11) is -12.8. The van der Waals surface area contributed by atoms with Crippen molar-refractivity contribution >= 4 is 64.9 Å². The van der Waals surface area contributed by atoms with Crippen molar-refractivity contribution in [2.24, 2.45) is 17.8 Å². The van der Waals surface area contributed by atoms with Crippen molar-refractivity contribution in [3.8, 4) is 6.07 Å². The highest BCUT2D eigenvalue weighted by molar-refractivity contribution is 7.54. The molecule has 3 fully saturated rings. The second-order valence-corrected chi connectivity index (χ2v) is 55.4. The molecule has 14 atom stereocenters. The number of ketones is 1. The first kappa shape index (κ1) is 91.1. The molecule has 0 N–H and O–H groups in total. The number of carbonyl (C=O) groups is 4. The predicted molar refractivity (Wildman–Crippen MR) is 408 cm³/mol. The lowest BCUT2D eigenvalue weighted by atomic mass is 9.82. The van der Waals surface area contributed by atoms with E-state index in [9.17, 15) is 29.0 Å². The summed E-state index contributed by atoms with van der Waals surface area (Å²) >= 11 is 0. The van der Waals surface area contributed by atoms with Crippen LogP contribution in [0, 0.1) is 29.1 Å². The van der Waals surface area contributed by atoms with Crippen LogP contribution in [0.2, 0.25) is 72.5 Å². The zero-order chi connectivity index (χ0) is 76.5. The molecule has 24 heteroatoms. The number of rotatable bonds is 36. The van der Waals surface area contributed by atoms with Crippen LogP contribution in [0.1, 0.15) is 190 Å².